The lowest BCUT2D eigenvalue weighted by atomic mass is 10.1. The van der Waals surface area contributed by atoms with Crippen LogP contribution in [-0.2, 0) is 6.42 Å². The molecule has 0 aliphatic carbocycles. The van der Waals surface area contributed by atoms with Crippen LogP contribution in [0.1, 0.15) is 21.7 Å². The summed E-state index contributed by atoms with van der Waals surface area (Å²) in [6.45, 7) is 2.14. The number of aromatic nitrogens is 2. The molecule has 0 spiro atoms. The van der Waals surface area contributed by atoms with Crippen molar-refractivity contribution >= 4 is 17.7 Å². The Hall–Kier alpha value is -2.83. The van der Waals surface area contributed by atoms with Crippen LogP contribution < -0.4 is 10.6 Å². The quantitative estimate of drug-likeness (QED) is 0.672. The molecule has 0 atom stereocenters. The Morgan fingerprint density at radius 3 is 2.86 bits per heavy atom. The van der Waals surface area contributed by atoms with E-state index in [0.29, 0.717) is 24.2 Å². The van der Waals surface area contributed by atoms with E-state index in [1.54, 1.807) is 31.5 Å². The molecule has 0 radical (unpaired) electrons. The minimum Gasteiger partial charge on any atom is -0.478 e. The van der Waals surface area contributed by atoms with E-state index in [-0.39, 0.29) is 5.56 Å². The van der Waals surface area contributed by atoms with Crippen LogP contribution in [0.15, 0.2) is 30.6 Å². The number of carbonyl (C=O) groups is 2. The highest BCUT2D eigenvalue weighted by molar-refractivity contribution is 6.00. The van der Waals surface area contributed by atoms with Crippen LogP contribution in [-0.4, -0.2) is 33.6 Å². The van der Waals surface area contributed by atoms with Gasteiger partial charge in [-0.05, 0) is 18.6 Å². The SMILES string of the molecule is Cc1cccc(C(=O)O)c1NC(=O)NCCc1ncc[nH]1. The zero-order chi connectivity index (χ0) is 15.2. The number of hydrogen-bond acceptors (Lipinski definition) is 3. The van der Waals surface area contributed by atoms with Crippen molar-refractivity contribution in [2.45, 2.75) is 13.3 Å². The summed E-state index contributed by atoms with van der Waals surface area (Å²) in [7, 11) is 0. The monoisotopic (exact) mass is 288 g/mol. The Labute approximate surface area is 121 Å². The lowest BCUT2D eigenvalue weighted by Gasteiger charge is -2.12. The van der Waals surface area contributed by atoms with Gasteiger partial charge in [0.05, 0.1) is 11.3 Å². The van der Waals surface area contributed by atoms with Gasteiger partial charge in [-0.3, -0.25) is 0 Å². The number of aromatic carboxylic acids is 1. The van der Waals surface area contributed by atoms with Gasteiger partial charge in [-0.15, -0.1) is 0 Å². The summed E-state index contributed by atoms with van der Waals surface area (Å²) in [4.78, 5) is 29.9. The molecule has 0 fully saturated rings. The second-order valence-corrected chi connectivity index (χ2v) is 4.47. The third-order valence-electron chi connectivity index (χ3n) is 2.94. The second kappa shape index (κ2) is 6.56. The van der Waals surface area contributed by atoms with E-state index in [1.165, 1.54) is 6.07 Å². The number of nitrogens with zero attached hydrogens (tertiary/aromatic N) is 1. The molecule has 0 saturated carbocycles. The molecule has 0 aliphatic heterocycles. The normalized spacial score (nSPS) is 10.1. The number of nitrogens with one attached hydrogen (secondary N) is 3. The van der Waals surface area contributed by atoms with E-state index in [2.05, 4.69) is 20.6 Å². The number of hydrogen-bond donors (Lipinski definition) is 4. The molecule has 4 N–H and O–H groups in total. The molecule has 1 heterocycles. The standard InChI is InChI=1S/C14H16N4O3/c1-9-3-2-4-10(13(19)20)12(9)18-14(21)17-6-5-11-15-7-8-16-11/h2-4,7-8H,5-6H2,1H3,(H,15,16)(H,19,20)(H2,17,18,21). The molecule has 2 aromatic rings. The molecule has 2 rings (SSSR count). The van der Waals surface area contributed by atoms with E-state index in [0.717, 1.165) is 5.82 Å². The van der Waals surface area contributed by atoms with Crippen molar-refractivity contribution in [2.75, 3.05) is 11.9 Å². The number of urea groups is 1. The van der Waals surface area contributed by atoms with Crippen molar-refractivity contribution in [3.05, 3.63) is 47.5 Å². The molecule has 21 heavy (non-hydrogen) atoms. The minimum atomic E-state index is -1.08. The first-order valence-electron chi connectivity index (χ1n) is 6.44. The largest absolute Gasteiger partial charge is 0.478 e. The number of amides is 2. The van der Waals surface area contributed by atoms with Crippen LogP contribution in [0.3, 0.4) is 0 Å². The molecule has 1 aromatic carbocycles. The lowest BCUT2D eigenvalue weighted by molar-refractivity contribution is 0.0698. The van der Waals surface area contributed by atoms with E-state index in [1.807, 2.05) is 0 Å². The van der Waals surface area contributed by atoms with Crippen LogP contribution in [0.25, 0.3) is 0 Å². The van der Waals surface area contributed by atoms with Crippen molar-refractivity contribution in [1.82, 2.24) is 15.3 Å². The van der Waals surface area contributed by atoms with Gasteiger partial charge in [0.1, 0.15) is 5.82 Å². The van der Waals surface area contributed by atoms with Gasteiger partial charge in [-0.1, -0.05) is 12.1 Å². The first-order chi connectivity index (χ1) is 10.1. The third kappa shape index (κ3) is 3.82. The van der Waals surface area contributed by atoms with Gasteiger partial charge in [-0.25, -0.2) is 14.6 Å². The van der Waals surface area contributed by atoms with Crippen molar-refractivity contribution in [2.24, 2.45) is 0 Å². The number of rotatable bonds is 5. The topological polar surface area (TPSA) is 107 Å². The maximum absolute atomic E-state index is 11.8. The van der Waals surface area contributed by atoms with E-state index in [4.69, 9.17) is 5.11 Å². The van der Waals surface area contributed by atoms with Crippen molar-refractivity contribution in [3.8, 4) is 0 Å². The number of carbonyl (C=O) groups excluding carboxylic acids is 1. The summed E-state index contributed by atoms with van der Waals surface area (Å²) in [5.41, 5.74) is 1.06. The second-order valence-electron chi connectivity index (χ2n) is 4.47. The molecule has 0 aliphatic rings. The fourth-order valence-corrected chi connectivity index (χ4v) is 1.90. The van der Waals surface area contributed by atoms with Crippen molar-refractivity contribution in [1.29, 1.82) is 0 Å². The number of H-pyrrole nitrogens is 1. The van der Waals surface area contributed by atoms with Crippen molar-refractivity contribution in [3.63, 3.8) is 0 Å². The number of benzene rings is 1. The number of carboxylic acid groups (broad SMARTS) is 1. The van der Waals surface area contributed by atoms with Crippen molar-refractivity contribution < 1.29 is 14.7 Å². The molecule has 1 aromatic heterocycles. The van der Waals surface area contributed by atoms with Gasteiger partial charge in [0.15, 0.2) is 0 Å². The smallest absolute Gasteiger partial charge is 0.337 e. The Balaban J connectivity index is 1.95. The number of carboxylic acids is 1. The molecular weight excluding hydrogens is 272 g/mol. The Morgan fingerprint density at radius 2 is 2.19 bits per heavy atom. The van der Waals surface area contributed by atoms with Crippen LogP contribution in [0, 0.1) is 6.92 Å². The molecule has 0 unspecified atom stereocenters. The van der Waals surface area contributed by atoms with E-state index < -0.39 is 12.0 Å². The first kappa shape index (κ1) is 14.6. The van der Waals surface area contributed by atoms with Gasteiger partial charge < -0.3 is 20.7 Å². The summed E-state index contributed by atoms with van der Waals surface area (Å²) in [5, 5.41) is 14.4. The Morgan fingerprint density at radius 1 is 1.38 bits per heavy atom. The van der Waals surface area contributed by atoms with Gasteiger partial charge in [0, 0.05) is 25.4 Å². The molecular formula is C14H16N4O3. The van der Waals surface area contributed by atoms with Crippen LogP contribution in [0.2, 0.25) is 0 Å². The highest BCUT2D eigenvalue weighted by Gasteiger charge is 2.14. The van der Waals surface area contributed by atoms with Gasteiger partial charge in [0.2, 0.25) is 0 Å². The molecule has 0 saturated heterocycles. The fourth-order valence-electron chi connectivity index (χ4n) is 1.90. The number of aromatic amines is 1. The zero-order valence-corrected chi connectivity index (χ0v) is 11.5. The third-order valence-corrected chi connectivity index (χ3v) is 2.94. The first-order valence-corrected chi connectivity index (χ1v) is 6.44. The predicted octanol–water partition coefficient (Wildman–Crippen LogP) is 1.78. The van der Waals surface area contributed by atoms with E-state index in [9.17, 15) is 9.59 Å². The van der Waals surface area contributed by atoms with Crippen LogP contribution in [0.4, 0.5) is 10.5 Å². The van der Waals surface area contributed by atoms with Gasteiger partial charge >= 0.3 is 12.0 Å². The van der Waals surface area contributed by atoms with Gasteiger partial charge in [-0.2, -0.15) is 0 Å². The summed E-state index contributed by atoms with van der Waals surface area (Å²) < 4.78 is 0. The Bertz CT molecular complexity index is 638. The number of anilines is 1. The van der Waals surface area contributed by atoms with Crippen LogP contribution >= 0.6 is 0 Å². The fraction of sp³-hybridized carbons (Fsp3) is 0.214. The predicted molar refractivity (Wildman–Crippen MR) is 77.5 cm³/mol. The maximum Gasteiger partial charge on any atom is 0.337 e. The molecule has 110 valence electrons. The summed E-state index contributed by atoms with van der Waals surface area (Å²) in [6, 6.07) is 4.38. The summed E-state index contributed by atoms with van der Waals surface area (Å²) >= 11 is 0. The average Bonchev–Trinajstić information content (AvgIpc) is 2.94. The highest BCUT2D eigenvalue weighted by atomic mass is 16.4. The molecule has 7 heteroatoms. The maximum atomic E-state index is 11.8. The van der Waals surface area contributed by atoms with E-state index >= 15 is 0 Å². The summed E-state index contributed by atoms with van der Waals surface area (Å²) in [5.74, 6) is -0.304. The van der Waals surface area contributed by atoms with Crippen LogP contribution in [0.5, 0.6) is 0 Å². The molecule has 7 nitrogen and oxygen atoms in total. The molecule has 2 amide bonds. The minimum absolute atomic E-state index is 0.0659. The lowest BCUT2D eigenvalue weighted by Crippen LogP contribution is -2.31. The zero-order valence-electron chi connectivity index (χ0n) is 11.5. The van der Waals surface area contributed by atoms with Gasteiger partial charge in [0.25, 0.3) is 0 Å². The average molecular weight is 288 g/mol. The number of aryl methyl sites for hydroxylation is 1. The molecule has 0 bridgehead atoms. The number of para-hydroxylation sites is 1. The summed E-state index contributed by atoms with van der Waals surface area (Å²) in [6.07, 6.45) is 3.92. The number of imidazole rings is 1. The highest BCUT2D eigenvalue weighted by Crippen LogP contribution is 2.20. The Kier molecular flexibility index (Phi) is 4.55.